The van der Waals surface area contributed by atoms with Crippen LogP contribution in [0.25, 0.3) is 0 Å². The molecular weight excluding hydrogens is 358 g/mol. The van der Waals surface area contributed by atoms with Crippen LogP contribution in [0.4, 0.5) is 0 Å². The number of nitrogens with zero attached hydrogens (tertiary/aromatic N) is 5. The summed E-state index contributed by atoms with van der Waals surface area (Å²) in [7, 11) is 2.01. The first-order valence-corrected chi connectivity index (χ1v) is 8.51. The normalized spacial score (nSPS) is 16.3. The average molecular weight is 378 g/mol. The largest absolute Gasteiger partial charge is 0.337 e. The van der Waals surface area contributed by atoms with Crippen LogP contribution in [-0.4, -0.2) is 56.4 Å². The Kier molecular flexibility index (Phi) is 5.07. The van der Waals surface area contributed by atoms with Gasteiger partial charge in [-0.25, -0.2) is 4.98 Å². The van der Waals surface area contributed by atoms with Gasteiger partial charge in [-0.15, -0.1) is 0 Å². The summed E-state index contributed by atoms with van der Waals surface area (Å²) in [6.45, 7) is 4.18. The molecule has 0 bridgehead atoms. The number of aryl methyl sites for hydroxylation is 1. The first kappa shape index (κ1) is 16.1. The number of pyridine rings is 1. The van der Waals surface area contributed by atoms with Crippen molar-refractivity contribution in [3.63, 3.8) is 0 Å². The molecule has 23 heavy (non-hydrogen) atoms. The van der Waals surface area contributed by atoms with E-state index in [9.17, 15) is 4.79 Å². The maximum Gasteiger partial charge on any atom is 0.255 e. The van der Waals surface area contributed by atoms with Gasteiger partial charge < -0.3 is 9.47 Å². The summed E-state index contributed by atoms with van der Waals surface area (Å²) in [6, 6.07) is 1.83. The van der Waals surface area contributed by atoms with Crippen LogP contribution in [-0.2, 0) is 13.6 Å². The van der Waals surface area contributed by atoms with Crippen molar-refractivity contribution in [2.45, 2.75) is 13.0 Å². The van der Waals surface area contributed by atoms with Gasteiger partial charge >= 0.3 is 0 Å². The summed E-state index contributed by atoms with van der Waals surface area (Å²) in [4.78, 5) is 25.3. The van der Waals surface area contributed by atoms with E-state index in [1.807, 2.05) is 35.0 Å². The molecule has 0 unspecified atom stereocenters. The van der Waals surface area contributed by atoms with E-state index in [1.54, 1.807) is 12.4 Å². The van der Waals surface area contributed by atoms with Crippen molar-refractivity contribution < 1.29 is 4.79 Å². The third-order valence-corrected chi connectivity index (χ3v) is 4.55. The van der Waals surface area contributed by atoms with Gasteiger partial charge in [-0.3, -0.25) is 14.7 Å². The number of imidazole rings is 1. The average Bonchev–Trinajstić information content (AvgIpc) is 2.81. The summed E-state index contributed by atoms with van der Waals surface area (Å²) in [5.41, 5.74) is 0.636. The van der Waals surface area contributed by atoms with Gasteiger partial charge in [-0.2, -0.15) is 0 Å². The van der Waals surface area contributed by atoms with Gasteiger partial charge in [0.25, 0.3) is 5.91 Å². The number of hydrogen-bond donors (Lipinski definition) is 0. The molecule has 7 heteroatoms. The topological polar surface area (TPSA) is 54.3 Å². The SMILES string of the molecule is Cn1ccnc1CN1CCCN(C(=O)c2cncc(Br)c2)CC1. The van der Waals surface area contributed by atoms with Crippen LogP contribution in [0.5, 0.6) is 0 Å². The molecule has 2 aromatic rings. The molecule has 0 aromatic carbocycles. The highest BCUT2D eigenvalue weighted by molar-refractivity contribution is 9.10. The van der Waals surface area contributed by atoms with Gasteiger partial charge in [-0.05, 0) is 28.4 Å². The second kappa shape index (κ2) is 7.23. The minimum atomic E-state index is 0.0534. The van der Waals surface area contributed by atoms with Gasteiger partial charge in [0.15, 0.2) is 0 Å². The number of aromatic nitrogens is 3. The van der Waals surface area contributed by atoms with Gasteiger partial charge in [0.1, 0.15) is 5.82 Å². The predicted octanol–water partition coefficient (Wildman–Crippen LogP) is 1.93. The fourth-order valence-corrected chi connectivity index (χ4v) is 3.16. The molecule has 3 heterocycles. The maximum absolute atomic E-state index is 12.6. The fourth-order valence-electron chi connectivity index (χ4n) is 2.79. The zero-order chi connectivity index (χ0) is 16.2. The quantitative estimate of drug-likeness (QED) is 0.819. The third kappa shape index (κ3) is 3.97. The first-order chi connectivity index (χ1) is 11.1. The molecule has 0 spiro atoms. The molecule has 0 N–H and O–H groups in total. The van der Waals surface area contributed by atoms with Crippen LogP contribution < -0.4 is 0 Å². The lowest BCUT2D eigenvalue weighted by Gasteiger charge is -2.22. The Bertz CT molecular complexity index is 687. The molecule has 1 saturated heterocycles. The van der Waals surface area contributed by atoms with Gasteiger partial charge in [0.05, 0.1) is 12.1 Å². The zero-order valence-electron chi connectivity index (χ0n) is 13.2. The fraction of sp³-hybridized carbons (Fsp3) is 0.438. The number of halogens is 1. The summed E-state index contributed by atoms with van der Waals surface area (Å²) in [5, 5.41) is 0. The van der Waals surface area contributed by atoms with Crippen LogP contribution in [0.2, 0.25) is 0 Å². The van der Waals surface area contributed by atoms with Crippen molar-refractivity contribution >= 4 is 21.8 Å². The summed E-state index contributed by atoms with van der Waals surface area (Å²) < 4.78 is 2.87. The molecule has 3 rings (SSSR count). The Morgan fingerprint density at radius 3 is 2.87 bits per heavy atom. The second-order valence-corrected chi connectivity index (χ2v) is 6.68. The molecule has 1 fully saturated rings. The van der Waals surface area contributed by atoms with Crippen molar-refractivity contribution in [1.29, 1.82) is 0 Å². The van der Waals surface area contributed by atoms with E-state index in [0.29, 0.717) is 5.56 Å². The van der Waals surface area contributed by atoms with Gasteiger partial charge in [0.2, 0.25) is 0 Å². The van der Waals surface area contributed by atoms with Crippen LogP contribution in [0.15, 0.2) is 35.3 Å². The van der Waals surface area contributed by atoms with E-state index in [4.69, 9.17) is 0 Å². The van der Waals surface area contributed by atoms with Crippen LogP contribution in [0, 0.1) is 0 Å². The monoisotopic (exact) mass is 377 g/mol. The molecule has 2 aromatic heterocycles. The highest BCUT2D eigenvalue weighted by Gasteiger charge is 2.21. The maximum atomic E-state index is 12.6. The van der Waals surface area contributed by atoms with E-state index in [1.165, 1.54) is 0 Å². The molecule has 1 amide bonds. The summed E-state index contributed by atoms with van der Waals surface area (Å²) in [5.74, 6) is 1.11. The summed E-state index contributed by atoms with van der Waals surface area (Å²) in [6.07, 6.45) is 8.07. The highest BCUT2D eigenvalue weighted by atomic mass is 79.9. The standard InChI is InChI=1S/C16H20BrN5O/c1-20-6-3-19-15(20)12-21-4-2-5-22(8-7-21)16(23)13-9-14(17)11-18-10-13/h3,6,9-11H,2,4-5,7-8,12H2,1H3. The van der Waals surface area contributed by atoms with E-state index in [2.05, 4.69) is 30.8 Å². The van der Waals surface area contributed by atoms with Gasteiger partial charge in [0, 0.05) is 62.5 Å². The molecule has 122 valence electrons. The molecule has 0 atom stereocenters. The minimum absolute atomic E-state index is 0.0534. The number of carbonyl (C=O) groups excluding carboxylic acids is 1. The van der Waals surface area contributed by atoms with Crippen molar-refractivity contribution in [1.82, 2.24) is 24.3 Å². The Hall–Kier alpha value is -1.73. The van der Waals surface area contributed by atoms with Crippen LogP contribution >= 0.6 is 15.9 Å². The molecule has 1 aliphatic heterocycles. The zero-order valence-corrected chi connectivity index (χ0v) is 14.7. The number of hydrogen-bond acceptors (Lipinski definition) is 4. The lowest BCUT2D eigenvalue weighted by atomic mass is 10.2. The molecule has 1 aliphatic rings. The van der Waals surface area contributed by atoms with Crippen molar-refractivity contribution in [3.8, 4) is 0 Å². The first-order valence-electron chi connectivity index (χ1n) is 7.72. The number of rotatable bonds is 3. The number of carbonyl (C=O) groups is 1. The van der Waals surface area contributed by atoms with E-state index in [0.717, 1.165) is 49.4 Å². The van der Waals surface area contributed by atoms with Crippen molar-refractivity contribution in [2.24, 2.45) is 7.05 Å². The molecule has 0 radical (unpaired) electrons. The Morgan fingerprint density at radius 2 is 2.13 bits per heavy atom. The smallest absolute Gasteiger partial charge is 0.255 e. The van der Waals surface area contributed by atoms with Gasteiger partial charge in [-0.1, -0.05) is 0 Å². The third-order valence-electron chi connectivity index (χ3n) is 4.11. The van der Waals surface area contributed by atoms with Crippen molar-refractivity contribution in [2.75, 3.05) is 26.2 Å². The second-order valence-electron chi connectivity index (χ2n) is 5.77. The van der Waals surface area contributed by atoms with E-state index >= 15 is 0 Å². The highest BCUT2D eigenvalue weighted by Crippen LogP contribution is 2.14. The Balaban J connectivity index is 1.62. The molecule has 0 saturated carbocycles. The molecule has 6 nitrogen and oxygen atoms in total. The Labute approximate surface area is 144 Å². The predicted molar refractivity (Wildman–Crippen MR) is 90.9 cm³/mol. The van der Waals surface area contributed by atoms with E-state index < -0.39 is 0 Å². The van der Waals surface area contributed by atoms with Crippen LogP contribution in [0.1, 0.15) is 22.6 Å². The minimum Gasteiger partial charge on any atom is -0.337 e. The lowest BCUT2D eigenvalue weighted by molar-refractivity contribution is 0.0760. The van der Waals surface area contributed by atoms with Crippen LogP contribution in [0.3, 0.4) is 0 Å². The van der Waals surface area contributed by atoms with Crippen molar-refractivity contribution in [3.05, 3.63) is 46.7 Å². The lowest BCUT2D eigenvalue weighted by Crippen LogP contribution is -2.35. The van der Waals surface area contributed by atoms with E-state index in [-0.39, 0.29) is 5.91 Å². The number of amides is 1. The molecular formula is C16H20BrN5O. The summed E-state index contributed by atoms with van der Waals surface area (Å²) >= 11 is 3.37. The Morgan fingerprint density at radius 1 is 1.26 bits per heavy atom. The molecule has 0 aliphatic carbocycles.